The molecule has 1 aromatic heterocycles. The predicted octanol–water partition coefficient (Wildman–Crippen LogP) is 3.93. The molecule has 8 heteroatoms. The molecule has 0 aliphatic rings. The van der Waals surface area contributed by atoms with Gasteiger partial charge < -0.3 is 0 Å². The van der Waals surface area contributed by atoms with Crippen LogP contribution in [0, 0.1) is 6.92 Å². The summed E-state index contributed by atoms with van der Waals surface area (Å²) in [6.45, 7) is 1.06. The van der Waals surface area contributed by atoms with Crippen LogP contribution in [-0.4, -0.2) is 9.78 Å². The minimum absolute atomic E-state index is 0.0583. The maximum absolute atomic E-state index is 12.7. The summed E-state index contributed by atoms with van der Waals surface area (Å²) in [6, 6.07) is 4.82. The van der Waals surface area contributed by atoms with Crippen molar-refractivity contribution in [1.29, 1.82) is 0 Å². The highest BCUT2D eigenvalue weighted by Crippen LogP contribution is 2.30. The Hall–Kier alpha value is -1.53. The van der Waals surface area contributed by atoms with Crippen LogP contribution < -0.4 is 5.56 Å². The van der Waals surface area contributed by atoms with Crippen molar-refractivity contribution in [2.24, 2.45) is 0 Å². The van der Waals surface area contributed by atoms with Gasteiger partial charge in [0.25, 0.3) is 5.56 Å². The van der Waals surface area contributed by atoms with E-state index in [0.717, 1.165) is 11.6 Å². The molecular formula is C13H9Cl2F3N2O. The molecule has 0 fully saturated rings. The molecule has 0 atom stereocenters. The molecule has 0 aliphatic carbocycles. The van der Waals surface area contributed by atoms with Gasteiger partial charge in [-0.1, -0.05) is 35.3 Å². The van der Waals surface area contributed by atoms with E-state index in [4.69, 9.17) is 23.2 Å². The number of hydrogen-bond acceptors (Lipinski definition) is 2. The van der Waals surface area contributed by atoms with Crippen LogP contribution in [0.3, 0.4) is 0 Å². The van der Waals surface area contributed by atoms with Gasteiger partial charge in [-0.15, -0.1) is 0 Å². The summed E-state index contributed by atoms with van der Waals surface area (Å²) in [4.78, 5) is 12.0. The molecule has 21 heavy (non-hydrogen) atoms. The van der Waals surface area contributed by atoms with E-state index in [-0.39, 0.29) is 11.6 Å². The summed E-state index contributed by atoms with van der Waals surface area (Å²) in [6.07, 6.45) is -3.97. The first-order valence-corrected chi connectivity index (χ1v) is 6.54. The van der Waals surface area contributed by atoms with Crippen LogP contribution in [-0.2, 0) is 12.7 Å². The Morgan fingerprint density at radius 2 is 1.95 bits per heavy atom. The number of rotatable bonds is 2. The van der Waals surface area contributed by atoms with E-state index in [2.05, 4.69) is 5.10 Å². The lowest BCUT2D eigenvalue weighted by Crippen LogP contribution is -2.28. The van der Waals surface area contributed by atoms with Crippen molar-refractivity contribution < 1.29 is 13.2 Å². The van der Waals surface area contributed by atoms with E-state index < -0.39 is 22.9 Å². The van der Waals surface area contributed by atoms with Gasteiger partial charge in [0.1, 0.15) is 0 Å². The first kappa shape index (κ1) is 15.9. The zero-order valence-electron chi connectivity index (χ0n) is 10.7. The molecule has 0 saturated heterocycles. The zero-order valence-corrected chi connectivity index (χ0v) is 12.2. The van der Waals surface area contributed by atoms with Gasteiger partial charge in [-0.3, -0.25) is 4.79 Å². The quantitative estimate of drug-likeness (QED) is 0.832. The first-order chi connectivity index (χ1) is 9.71. The largest absolute Gasteiger partial charge is 0.418 e. The summed E-state index contributed by atoms with van der Waals surface area (Å²) in [7, 11) is 0. The van der Waals surface area contributed by atoms with E-state index in [1.54, 1.807) is 18.2 Å². The van der Waals surface area contributed by atoms with Crippen molar-refractivity contribution in [3.05, 3.63) is 61.5 Å². The van der Waals surface area contributed by atoms with E-state index in [1.807, 2.05) is 0 Å². The Balaban J connectivity index is 2.46. The average molecular weight is 337 g/mol. The normalized spacial score (nSPS) is 11.7. The minimum Gasteiger partial charge on any atom is -0.267 e. The standard InChI is InChI=1S/C13H9Cl2F3N2O/c1-7-9(13(16,17)18)5-19-20(12(7)21)6-8-3-2-4-10(14)11(8)15/h2-5H,6H2,1H3. The molecular weight excluding hydrogens is 328 g/mol. The molecule has 3 nitrogen and oxygen atoms in total. The van der Waals surface area contributed by atoms with Crippen LogP contribution in [0.1, 0.15) is 16.7 Å². The lowest BCUT2D eigenvalue weighted by molar-refractivity contribution is -0.138. The molecule has 0 bridgehead atoms. The predicted molar refractivity (Wildman–Crippen MR) is 73.8 cm³/mol. The summed E-state index contributed by atoms with van der Waals surface area (Å²) < 4.78 is 39.0. The van der Waals surface area contributed by atoms with Gasteiger partial charge in [0.2, 0.25) is 0 Å². The minimum atomic E-state index is -4.61. The molecule has 0 aliphatic heterocycles. The Labute approximate surface area is 127 Å². The van der Waals surface area contributed by atoms with Crippen molar-refractivity contribution in [2.75, 3.05) is 0 Å². The molecule has 112 valence electrons. The number of halogens is 5. The van der Waals surface area contributed by atoms with Gasteiger partial charge >= 0.3 is 6.18 Å². The van der Waals surface area contributed by atoms with Gasteiger partial charge in [-0.25, -0.2) is 4.68 Å². The lowest BCUT2D eigenvalue weighted by atomic mass is 10.1. The Morgan fingerprint density at radius 1 is 1.29 bits per heavy atom. The molecule has 1 heterocycles. The number of alkyl halides is 3. The SMILES string of the molecule is Cc1c(C(F)(F)F)cnn(Cc2cccc(Cl)c2Cl)c1=O. The van der Waals surface area contributed by atoms with E-state index in [0.29, 0.717) is 16.8 Å². The first-order valence-electron chi connectivity index (χ1n) is 5.78. The number of aromatic nitrogens is 2. The molecule has 2 rings (SSSR count). The molecule has 1 aromatic carbocycles. The molecule has 2 aromatic rings. The third-order valence-corrected chi connectivity index (χ3v) is 3.80. The van der Waals surface area contributed by atoms with Crippen LogP contribution >= 0.6 is 23.2 Å². The molecule has 0 N–H and O–H groups in total. The number of nitrogens with zero attached hydrogens (tertiary/aromatic N) is 2. The average Bonchev–Trinajstić information content (AvgIpc) is 2.39. The van der Waals surface area contributed by atoms with E-state index in [9.17, 15) is 18.0 Å². The monoisotopic (exact) mass is 336 g/mol. The number of hydrogen-bond donors (Lipinski definition) is 0. The maximum Gasteiger partial charge on any atom is 0.418 e. The van der Waals surface area contributed by atoms with Gasteiger partial charge in [0.15, 0.2) is 0 Å². The fraction of sp³-hybridized carbons (Fsp3) is 0.231. The maximum atomic E-state index is 12.7. The van der Waals surface area contributed by atoms with Crippen molar-refractivity contribution in [3.63, 3.8) is 0 Å². The van der Waals surface area contributed by atoms with Gasteiger partial charge in [0, 0.05) is 5.56 Å². The highest BCUT2D eigenvalue weighted by Gasteiger charge is 2.34. The second-order valence-electron chi connectivity index (χ2n) is 4.36. The Bertz CT molecular complexity index is 741. The van der Waals surface area contributed by atoms with E-state index in [1.165, 1.54) is 0 Å². The molecule has 0 radical (unpaired) electrons. The van der Waals surface area contributed by atoms with Crippen LogP contribution in [0.4, 0.5) is 13.2 Å². The third kappa shape index (κ3) is 3.22. The summed E-state index contributed by atoms with van der Waals surface area (Å²) in [5.74, 6) is 0. The van der Waals surface area contributed by atoms with Crippen molar-refractivity contribution in [2.45, 2.75) is 19.6 Å². The fourth-order valence-corrected chi connectivity index (χ4v) is 2.20. The van der Waals surface area contributed by atoms with E-state index >= 15 is 0 Å². The zero-order chi connectivity index (χ0) is 15.8. The molecule has 0 spiro atoms. The van der Waals surface area contributed by atoms with Crippen LogP contribution in [0.25, 0.3) is 0 Å². The highest BCUT2D eigenvalue weighted by molar-refractivity contribution is 6.42. The van der Waals surface area contributed by atoms with Crippen LogP contribution in [0.2, 0.25) is 10.0 Å². The highest BCUT2D eigenvalue weighted by atomic mass is 35.5. The smallest absolute Gasteiger partial charge is 0.267 e. The molecule has 0 unspecified atom stereocenters. The van der Waals surface area contributed by atoms with Gasteiger partial charge in [-0.05, 0) is 18.6 Å². The van der Waals surface area contributed by atoms with Crippen LogP contribution in [0.15, 0.2) is 29.2 Å². The summed E-state index contributed by atoms with van der Waals surface area (Å²) in [5, 5.41) is 4.09. The topological polar surface area (TPSA) is 34.9 Å². The molecule has 0 amide bonds. The van der Waals surface area contributed by atoms with Gasteiger partial charge in [0.05, 0.1) is 28.4 Å². The second kappa shape index (κ2) is 5.69. The van der Waals surface area contributed by atoms with Crippen molar-refractivity contribution >= 4 is 23.2 Å². The Morgan fingerprint density at radius 3 is 2.57 bits per heavy atom. The fourth-order valence-electron chi connectivity index (χ4n) is 1.82. The molecule has 0 saturated carbocycles. The third-order valence-electron chi connectivity index (χ3n) is 2.94. The second-order valence-corrected chi connectivity index (χ2v) is 5.14. The summed E-state index contributed by atoms with van der Waals surface area (Å²) >= 11 is 11.8. The Kier molecular flexibility index (Phi) is 4.30. The summed E-state index contributed by atoms with van der Waals surface area (Å²) in [5.41, 5.74) is -1.77. The van der Waals surface area contributed by atoms with Crippen molar-refractivity contribution in [1.82, 2.24) is 9.78 Å². The lowest BCUT2D eigenvalue weighted by Gasteiger charge is -2.12. The van der Waals surface area contributed by atoms with Gasteiger partial charge in [-0.2, -0.15) is 18.3 Å². The van der Waals surface area contributed by atoms with Crippen LogP contribution in [0.5, 0.6) is 0 Å². The van der Waals surface area contributed by atoms with Crippen molar-refractivity contribution in [3.8, 4) is 0 Å². The number of benzene rings is 1.